The van der Waals surface area contributed by atoms with Crippen molar-refractivity contribution in [2.45, 2.75) is 33.3 Å². The molecule has 0 aromatic carbocycles. The molecule has 180 valence electrons. The highest BCUT2D eigenvalue weighted by Gasteiger charge is 2.26. The van der Waals surface area contributed by atoms with Crippen molar-refractivity contribution in [2.24, 2.45) is 0 Å². The molecule has 4 rings (SSSR count). The molecule has 1 fully saturated rings. The Balaban J connectivity index is 1.50. The van der Waals surface area contributed by atoms with E-state index in [1.807, 2.05) is 32.9 Å². The van der Waals surface area contributed by atoms with Crippen LogP contribution in [-0.2, 0) is 9.47 Å². The molecule has 10 nitrogen and oxygen atoms in total. The van der Waals surface area contributed by atoms with Crippen molar-refractivity contribution in [3.05, 3.63) is 41.6 Å². The van der Waals surface area contributed by atoms with Crippen molar-refractivity contribution in [1.29, 1.82) is 0 Å². The maximum atomic E-state index is 12.3. The number of aromatic nitrogens is 4. The van der Waals surface area contributed by atoms with Gasteiger partial charge in [-0.05, 0) is 39.8 Å². The second-order valence-electron chi connectivity index (χ2n) is 8.83. The number of amides is 1. The number of ether oxygens (including phenoxy) is 2. The SMILES string of the molecule is CCOC(=O)c1cn2c(-c3ccc(N4CCN(C(=O)OC(C)(C)C)CC4)nc3)cnc(Cl)c2n1. The van der Waals surface area contributed by atoms with Gasteiger partial charge in [-0.2, -0.15) is 0 Å². The number of carbonyl (C=O) groups is 2. The van der Waals surface area contributed by atoms with Crippen molar-refractivity contribution in [3.8, 4) is 11.3 Å². The first-order chi connectivity index (χ1) is 16.2. The van der Waals surface area contributed by atoms with Crippen LogP contribution in [0.4, 0.5) is 10.6 Å². The lowest BCUT2D eigenvalue weighted by molar-refractivity contribution is 0.0240. The number of pyridine rings is 1. The summed E-state index contributed by atoms with van der Waals surface area (Å²) >= 11 is 6.20. The third kappa shape index (κ3) is 5.06. The Bertz CT molecular complexity index is 1200. The molecule has 0 bridgehead atoms. The molecule has 0 radical (unpaired) electrons. The lowest BCUT2D eigenvalue weighted by atomic mass is 10.2. The summed E-state index contributed by atoms with van der Waals surface area (Å²) in [5.41, 5.74) is 1.49. The highest BCUT2D eigenvalue weighted by atomic mass is 35.5. The number of piperazine rings is 1. The van der Waals surface area contributed by atoms with E-state index < -0.39 is 11.6 Å². The molecule has 1 saturated heterocycles. The lowest BCUT2D eigenvalue weighted by Crippen LogP contribution is -2.50. The minimum atomic E-state index is -0.521. The lowest BCUT2D eigenvalue weighted by Gasteiger charge is -2.36. The molecule has 1 aliphatic rings. The van der Waals surface area contributed by atoms with Crippen LogP contribution in [0.15, 0.2) is 30.7 Å². The summed E-state index contributed by atoms with van der Waals surface area (Å²) in [6.45, 7) is 10.00. The van der Waals surface area contributed by atoms with Gasteiger partial charge in [0.25, 0.3) is 0 Å². The Labute approximate surface area is 202 Å². The fraction of sp³-hybridized carbons (Fsp3) is 0.435. The molecule has 0 N–H and O–H groups in total. The topological polar surface area (TPSA) is 102 Å². The zero-order valence-corrected chi connectivity index (χ0v) is 20.4. The van der Waals surface area contributed by atoms with Gasteiger partial charge >= 0.3 is 12.1 Å². The third-order valence-corrected chi connectivity index (χ3v) is 5.50. The molecule has 4 heterocycles. The summed E-state index contributed by atoms with van der Waals surface area (Å²) < 4.78 is 12.2. The second-order valence-corrected chi connectivity index (χ2v) is 9.19. The maximum Gasteiger partial charge on any atom is 0.410 e. The van der Waals surface area contributed by atoms with Crippen LogP contribution in [0, 0.1) is 0 Å². The van der Waals surface area contributed by atoms with E-state index in [0.29, 0.717) is 37.5 Å². The first-order valence-corrected chi connectivity index (χ1v) is 11.4. The fourth-order valence-electron chi connectivity index (χ4n) is 3.63. The van der Waals surface area contributed by atoms with Crippen molar-refractivity contribution in [2.75, 3.05) is 37.7 Å². The maximum absolute atomic E-state index is 12.3. The number of rotatable bonds is 4. The Hall–Kier alpha value is -3.40. The summed E-state index contributed by atoms with van der Waals surface area (Å²) in [4.78, 5) is 41.3. The summed E-state index contributed by atoms with van der Waals surface area (Å²) in [7, 11) is 0. The number of nitrogens with zero attached hydrogens (tertiary/aromatic N) is 6. The van der Waals surface area contributed by atoms with Gasteiger partial charge in [0.15, 0.2) is 16.5 Å². The quantitative estimate of drug-likeness (QED) is 0.514. The number of hydrogen-bond donors (Lipinski definition) is 0. The van der Waals surface area contributed by atoms with E-state index in [0.717, 1.165) is 11.4 Å². The molecule has 3 aromatic rings. The van der Waals surface area contributed by atoms with E-state index in [1.54, 1.807) is 34.8 Å². The number of hydrogen-bond acceptors (Lipinski definition) is 8. The number of esters is 1. The molecule has 0 aliphatic carbocycles. The van der Waals surface area contributed by atoms with Gasteiger partial charge in [0.2, 0.25) is 0 Å². The summed E-state index contributed by atoms with van der Waals surface area (Å²) in [5, 5.41) is 0.187. The van der Waals surface area contributed by atoms with Crippen molar-refractivity contribution >= 4 is 35.1 Å². The van der Waals surface area contributed by atoms with Crippen LogP contribution < -0.4 is 4.90 Å². The Morgan fingerprint density at radius 3 is 2.44 bits per heavy atom. The standard InChI is InChI=1S/C23H27ClN6O4/c1-5-33-21(31)16-14-30-17(13-26-19(24)20(30)27-16)15-6-7-18(25-12-15)28-8-10-29(11-9-28)22(32)34-23(2,3)4/h6-7,12-14H,5,8-11H2,1-4H3. The van der Waals surface area contributed by atoms with E-state index >= 15 is 0 Å². The Kier molecular flexibility index (Phi) is 6.60. The van der Waals surface area contributed by atoms with E-state index in [9.17, 15) is 9.59 Å². The van der Waals surface area contributed by atoms with Gasteiger partial charge in [0, 0.05) is 44.1 Å². The van der Waals surface area contributed by atoms with Crippen LogP contribution in [0.5, 0.6) is 0 Å². The molecule has 0 atom stereocenters. The van der Waals surface area contributed by atoms with Gasteiger partial charge in [-0.3, -0.25) is 4.40 Å². The molecular weight excluding hydrogens is 460 g/mol. The molecule has 0 unspecified atom stereocenters. The average Bonchev–Trinajstić information content (AvgIpc) is 3.25. The monoisotopic (exact) mass is 486 g/mol. The van der Waals surface area contributed by atoms with Crippen LogP contribution in [0.3, 0.4) is 0 Å². The van der Waals surface area contributed by atoms with Gasteiger partial charge in [0.05, 0.1) is 18.5 Å². The van der Waals surface area contributed by atoms with Crippen molar-refractivity contribution < 1.29 is 19.1 Å². The minimum absolute atomic E-state index is 0.158. The highest BCUT2D eigenvalue weighted by Crippen LogP contribution is 2.26. The molecule has 1 amide bonds. The zero-order chi connectivity index (χ0) is 24.5. The van der Waals surface area contributed by atoms with Gasteiger partial charge in [0.1, 0.15) is 11.4 Å². The predicted molar refractivity (Wildman–Crippen MR) is 127 cm³/mol. The van der Waals surface area contributed by atoms with Crippen molar-refractivity contribution in [3.63, 3.8) is 0 Å². The first kappa shape index (κ1) is 23.7. The highest BCUT2D eigenvalue weighted by molar-refractivity contribution is 6.32. The van der Waals surface area contributed by atoms with Gasteiger partial charge < -0.3 is 19.3 Å². The Morgan fingerprint density at radius 2 is 1.82 bits per heavy atom. The molecule has 11 heteroatoms. The molecular formula is C23H27ClN6O4. The summed E-state index contributed by atoms with van der Waals surface area (Å²) in [6, 6.07) is 3.85. The second kappa shape index (κ2) is 9.46. The van der Waals surface area contributed by atoms with Gasteiger partial charge in [-0.15, -0.1) is 0 Å². The number of imidazole rings is 1. The molecule has 34 heavy (non-hydrogen) atoms. The molecule has 3 aromatic heterocycles. The smallest absolute Gasteiger partial charge is 0.410 e. The zero-order valence-electron chi connectivity index (χ0n) is 19.6. The van der Waals surface area contributed by atoms with Gasteiger partial charge in [-0.25, -0.2) is 24.5 Å². The Morgan fingerprint density at radius 1 is 1.09 bits per heavy atom. The predicted octanol–water partition coefficient (Wildman–Crippen LogP) is 3.68. The van der Waals surface area contributed by atoms with E-state index in [1.165, 1.54) is 0 Å². The number of anilines is 1. The largest absolute Gasteiger partial charge is 0.461 e. The normalized spacial score (nSPS) is 14.4. The molecule has 1 aliphatic heterocycles. The van der Waals surface area contributed by atoms with E-state index in [-0.39, 0.29) is 23.5 Å². The first-order valence-electron chi connectivity index (χ1n) is 11.1. The fourth-order valence-corrected chi connectivity index (χ4v) is 3.82. The number of fused-ring (bicyclic) bond motifs is 1. The van der Waals surface area contributed by atoms with Crippen LogP contribution in [0.25, 0.3) is 16.9 Å². The van der Waals surface area contributed by atoms with Crippen LogP contribution in [0.2, 0.25) is 5.15 Å². The summed E-state index contributed by atoms with van der Waals surface area (Å²) in [6.07, 6.45) is 4.64. The van der Waals surface area contributed by atoms with E-state index in [2.05, 4.69) is 19.9 Å². The van der Waals surface area contributed by atoms with Gasteiger partial charge in [-0.1, -0.05) is 11.6 Å². The van der Waals surface area contributed by atoms with E-state index in [4.69, 9.17) is 21.1 Å². The minimum Gasteiger partial charge on any atom is -0.461 e. The average molecular weight is 487 g/mol. The van der Waals surface area contributed by atoms with Crippen LogP contribution >= 0.6 is 11.6 Å². The number of halogens is 1. The third-order valence-electron chi connectivity index (χ3n) is 5.23. The van der Waals surface area contributed by atoms with Crippen molar-refractivity contribution in [1.82, 2.24) is 24.3 Å². The summed E-state index contributed by atoms with van der Waals surface area (Å²) in [5.74, 6) is 0.288. The number of carbonyl (C=O) groups excluding carboxylic acids is 2. The molecule has 0 saturated carbocycles. The van der Waals surface area contributed by atoms with Crippen LogP contribution in [0.1, 0.15) is 38.2 Å². The molecule has 0 spiro atoms. The van der Waals surface area contributed by atoms with Crippen LogP contribution in [-0.4, -0.2) is 74.7 Å².